The number of ether oxygens (including phenoxy) is 1. The molecule has 0 saturated carbocycles. The molecule has 0 aliphatic rings. The lowest BCUT2D eigenvalue weighted by molar-refractivity contribution is 0.317. The highest BCUT2D eigenvalue weighted by atomic mass is 32.2. The SMILES string of the molecule is Cc1cc(C)cc(OCCCS(C)(=O)=O)c1. The molecule has 0 aliphatic carbocycles. The van der Waals surface area contributed by atoms with Crippen molar-refractivity contribution in [1.82, 2.24) is 0 Å². The van der Waals surface area contributed by atoms with E-state index in [1.807, 2.05) is 26.0 Å². The molecule has 1 aromatic rings. The third-order valence-corrected chi connectivity index (χ3v) is 3.15. The van der Waals surface area contributed by atoms with Gasteiger partial charge in [-0.3, -0.25) is 0 Å². The van der Waals surface area contributed by atoms with Crippen molar-refractivity contribution in [2.75, 3.05) is 18.6 Å². The second-order valence-corrected chi connectivity index (χ2v) is 6.42. The van der Waals surface area contributed by atoms with Gasteiger partial charge in [-0.15, -0.1) is 0 Å². The molecule has 0 unspecified atom stereocenters. The van der Waals surface area contributed by atoms with E-state index in [9.17, 15) is 8.42 Å². The molecule has 4 heteroatoms. The van der Waals surface area contributed by atoms with E-state index in [0.717, 1.165) is 16.9 Å². The van der Waals surface area contributed by atoms with Crippen molar-refractivity contribution in [3.63, 3.8) is 0 Å². The standard InChI is InChI=1S/C12H18O3S/c1-10-7-11(2)9-12(8-10)15-5-4-6-16(3,13)14/h7-9H,4-6H2,1-3H3. The summed E-state index contributed by atoms with van der Waals surface area (Å²) >= 11 is 0. The summed E-state index contributed by atoms with van der Waals surface area (Å²) in [5.41, 5.74) is 2.30. The molecule has 0 aliphatic heterocycles. The number of benzene rings is 1. The predicted octanol–water partition coefficient (Wildman–Crippen LogP) is 2.12. The van der Waals surface area contributed by atoms with Crippen LogP contribution in [-0.4, -0.2) is 27.0 Å². The summed E-state index contributed by atoms with van der Waals surface area (Å²) in [6.45, 7) is 4.46. The van der Waals surface area contributed by atoms with Crippen molar-refractivity contribution >= 4 is 9.84 Å². The van der Waals surface area contributed by atoms with E-state index in [2.05, 4.69) is 6.07 Å². The Hall–Kier alpha value is -1.03. The molecule has 0 saturated heterocycles. The van der Waals surface area contributed by atoms with Crippen molar-refractivity contribution in [3.8, 4) is 5.75 Å². The maximum absolute atomic E-state index is 10.9. The molecule has 0 amide bonds. The van der Waals surface area contributed by atoms with Crippen molar-refractivity contribution in [1.29, 1.82) is 0 Å². The molecule has 0 aromatic heterocycles. The zero-order valence-electron chi connectivity index (χ0n) is 9.99. The average Bonchev–Trinajstić information content (AvgIpc) is 2.09. The van der Waals surface area contributed by atoms with Gasteiger partial charge >= 0.3 is 0 Å². The summed E-state index contributed by atoms with van der Waals surface area (Å²) in [6.07, 6.45) is 1.77. The highest BCUT2D eigenvalue weighted by molar-refractivity contribution is 7.90. The van der Waals surface area contributed by atoms with Gasteiger partial charge in [-0.05, 0) is 43.5 Å². The van der Waals surface area contributed by atoms with Crippen LogP contribution in [0.3, 0.4) is 0 Å². The van der Waals surface area contributed by atoms with Crippen molar-refractivity contribution < 1.29 is 13.2 Å². The van der Waals surface area contributed by atoms with E-state index in [1.54, 1.807) is 0 Å². The molecule has 16 heavy (non-hydrogen) atoms. The summed E-state index contributed by atoms with van der Waals surface area (Å²) in [4.78, 5) is 0. The van der Waals surface area contributed by atoms with Crippen molar-refractivity contribution in [2.24, 2.45) is 0 Å². The second-order valence-electron chi connectivity index (χ2n) is 4.16. The molecule has 0 atom stereocenters. The Morgan fingerprint density at radius 3 is 2.19 bits per heavy atom. The maximum atomic E-state index is 10.9. The summed E-state index contributed by atoms with van der Waals surface area (Å²) in [5.74, 6) is 0.989. The topological polar surface area (TPSA) is 43.4 Å². The van der Waals surface area contributed by atoms with Crippen molar-refractivity contribution in [3.05, 3.63) is 29.3 Å². The van der Waals surface area contributed by atoms with Crippen LogP contribution >= 0.6 is 0 Å². The summed E-state index contributed by atoms with van der Waals surface area (Å²) in [7, 11) is -2.87. The smallest absolute Gasteiger partial charge is 0.147 e. The molecule has 90 valence electrons. The fourth-order valence-electron chi connectivity index (χ4n) is 1.53. The minimum atomic E-state index is -2.87. The van der Waals surface area contributed by atoms with Crippen LogP contribution in [0.1, 0.15) is 17.5 Å². The third kappa shape index (κ3) is 5.16. The van der Waals surface area contributed by atoms with Gasteiger partial charge in [-0.25, -0.2) is 8.42 Å². The van der Waals surface area contributed by atoms with Gasteiger partial charge in [0.1, 0.15) is 15.6 Å². The number of aryl methyl sites for hydroxylation is 2. The van der Waals surface area contributed by atoms with E-state index in [0.29, 0.717) is 13.0 Å². The molecule has 0 N–H and O–H groups in total. The van der Waals surface area contributed by atoms with Crippen LogP contribution in [0.2, 0.25) is 0 Å². The van der Waals surface area contributed by atoms with Gasteiger partial charge in [0.15, 0.2) is 0 Å². The Morgan fingerprint density at radius 1 is 1.12 bits per heavy atom. The van der Waals surface area contributed by atoms with Gasteiger partial charge in [0, 0.05) is 6.26 Å². The minimum Gasteiger partial charge on any atom is -0.494 e. The number of hydrogen-bond acceptors (Lipinski definition) is 3. The number of sulfone groups is 1. The Balaban J connectivity index is 2.43. The monoisotopic (exact) mass is 242 g/mol. The molecule has 0 bridgehead atoms. The fraction of sp³-hybridized carbons (Fsp3) is 0.500. The van der Waals surface area contributed by atoms with Crippen LogP contribution < -0.4 is 4.74 Å². The first kappa shape index (κ1) is 13.0. The zero-order chi connectivity index (χ0) is 12.2. The molecule has 0 heterocycles. The molecular weight excluding hydrogens is 224 g/mol. The van der Waals surface area contributed by atoms with E-state index in [-0.39, 0.29) is 5.75 Å². The highest BCUT2D eigenvalue weighted by Gasteiger charge is 2.02. The minimum absolute atomic E-state index is 0.178. The lowest BCUT2D eigenvalue weighted by atomic mass is 10.1. The molecule has 3 nitrogen and oxygen atoms in total. The Bertz CT molecular complexity index is 429. The van der Waals surface area contributed by atoms with Crippen LogP contribution in [0.5, 0.6) is 5.75 Å². The van der Waals surface area contributed by atoms with Gasteiger partial charge < -0.3 is 4.74 Å². The van der Waals surface area contributed by atoms with Gasteiger partial charge in [0.2, 0.25) is 0 Å². The Kier molecular flexibility index (Phi) is 4.35. The van der Waals surface area contributed by atoms with Gasteiger partial charge in [0.05, 0.1) is 12.4 Å². The van der Waals surface area contributed by atoms with E-state index in [1.165, 1.54) is 6.26 Å². The van der Waals surface area contributed by atoms with Crippen LogP contribution in [0.4, 0.5) is 0 Å². The molecule has 0 radical (unpaired) electrons. The van der Waals surface area contributed by atoms with Gasteiger partial charge in [0.25, 0.3) is 0 Å². The van der Waals surface area contributed by atoms with E-state index in [4.69, 9.17) is 4.74 Å². The largest absolute Gasteiger partial charge is 0.494 e. The van der Waals surface area contributed by atoms with Gasteiger partial charge in [-0.2, -0.15) is 0 Å². The molecular formula is C12H18O3S. The Labute approximate surface area is 97.4 Å². The second kappa shape index (κ2) is 5.34. The summed E-state index contributed by atoms with van der Waals surface area (Å²) < 4.78 is 27.3. The predicted molar refractivity (Wildman–Crippen MR) is 65.7 cm³/mol. The normalized spacial score (nSPS) is 11.4. The van der Waals surface area contributed by atoms with Crippen LogP contribution in [0.15, 0.2) is 18.2 Å². The lowest BCUT2D eigenvalue weighted by Crippen LogP contribution is -2.08. The lowest BCUT2D eigenvalue weighted by Gasteiger charge is -2.07. The van der Waals surface area contributed by atoms with E-state index < -0.39 is 9.84 Å². The van der Waals surface area contributed by atoms with Gasteiger partial charge in [-0.1, -0.05) is 6.07 Å². The zero-order valence-corrected chi connectivity index (χ0v) is 10.8. The first-order chi connectivity index (χ1) is 7.37. The first-order valence-corrected chi connectivity index (χ1v) is 7.32. The maximum Gasteiger partial charge on any atom is 0.147 e. The van der Waals surface area contributed by atoms with Crippen LogP contribution in [-0.2, 0) is 9.84 Å². The number of rotatable bonds is 5. The highest BCUT2D eigenvalue weighted by Crippen LogP contribution is 2.16. The molecule has 0 spiro atoms. The quantitative estimate of drug-likeness (QED) is 0.743. The molecule has 1 rings (SSSR count). The Morgan fingerprint density at radius 2 is 1.69 bits per heavy atom. The summed E-state index contributed by atoms with van der Waals surface area (Å²) in [5, 5.41) is 0. The fourth-order valence-corrected chi connectivity index (χ4v) is 2.17. The molecule has 1 aromatic carbocycles. The van der Waals surface area contributed by atoms with E-state index >= 15 is 0 Å². The molecule has 0 fully saturated rings. The van der Waals surface area contributed by atoms with Crippen LogP contribution in [0.25, 0.3) is 0 Å². The van der Waals surface area contributed by atoms with Crippen LogP contribution in [0, 0.1) is 13.8 Å². The summed E-state index contributed by atoms with van der Waals surface area (Å²) in [6, 6.07) is 5.98. The average molecular weight is 242 g/mol. The van der Waals surface area contributed by atoms with Crippen molar-refractivity contribution in [2.45, 2.75) is 20.3 Å². The third-order valence-electron chi connectivity index (χ3n) is 2.12. The number of hydrogen-bond donors (Lipinski definition) is 0. The first-order valence-electron chi connectivity index (χ1n) is 5.26.